The lowest BCUT2D eigenvalue weighted by Crippen LogP contribution is -2.46. The topological polar surface area (TPSA) is 49.4 Å². The maximum absolute atomic E-state index is 12.8. The molecule has 0 aliphatic heterocycles. The molecule has 4 nitrogen and oxygen atoms in total. The van der Waals surface area contributed by atoms with Crippen molar-refractivity contribution in [3.8, 4) is 0 Å². The van der Waals surface area contributed by atoms with E-state index in [2.05, 4.69) is 21.2 Å². The van der Waals surface area contributed by atoms with E-state index in [1.165, 1.54) is 0 Å². The number of carbonyl (C=O) groups excluding carboxylic acids is 2. The van der Waals surface area contributed by atoms with Crippen LogP contribution >= 0.6 is 39.3 Å². The Morgan fingerprint density at radius 2 is 1.78 bits per heavy atom. The molecule has 0 saturated heterocycles. The summed E-state index contributed by atoms with van der Waals surface area (Å²) in [5.74, 6) is 0.416. The number of nitrogens with one attached hydrogen (secondary N) is 1. The van der Waals surface area contributed by atoms with Crippen LogP contribution in [0.15, 0.2) is 57.9 Å². The number of hydrogen-bond acceptors (Lipinski definition) is 3. The molecule has 2 aromatic rings. The Hall–Kier alpha value is -1.50. The van der Waals surface area contributed by atoms with Gasteiger partial charge in [0, 0.05) is 40.2 Å². The van der Waals surface area contributed by atoms with Gasteiger partial charge in [-0.1, -0.05) is 39.7 Å². The van der Waals surface area contributed by atoms with Crippen LogP contribution in [0.1, 0.15) is 18.9 Å². The zero-order chi connectivity index (χ0) is 19.8. The van der Waals surface area contributed by atoms with Crippen LogP contribution in [-0.4, -0.2) is 35.6 Å². The fourth-order valence-electron chi connectivity index (χ4n) is 2.51. The lowest BCUT2D eigenvalue weighted by molar-refractivity contribution is -0.140. The average molecular weight is 470 g/mol. The zero-order valence-corrected chi connectivity index (χ0v) is 18.4. The second kappa shape index (κ2) is 10.7. The van der Waals surface area contributed by atoms with E-state index in [1.54, 1.807) is 30.6 Å². The fourth-order valence-corrected chi connectivity index (χ4v) is 3.74. The molecule has 0 saturated carbocycles. The Bertz CT molecular complexity index is 769. The van der Waals surface area contributed by atoms with Gasteiger partial charge in [0.05, 0.1) is 0 Å². The van der Waals surface area contributed by atoms with Crippen molar-refractivity contribution in [1.82, 2.24) is 10.2 Å². The molecule has 1 atom stereocenters. The SMILES string of the molecule is CNC(=O)[C@H](C)N(Cc1ccc(Br)cc1)C(=O)CCSc1ccc(Cl)cc1. The molecule has 2 amide bonds. The molecule has 0 radical (unpaired) electrons. The molecule has 27 heavy (non-hydrogen) atoms. The van der Waals surface area contributed by atoms with E-state index in [9.17, 15) is 9.59 Å². The van der Waals surface area contributed by atoms with Crippen molar-refractivity contribution in [2.24, 2.45) is 0 Å². The van der Waals surface area contributed by atoms with Crippen LogP contribution in [0.2, 0.25) is 5.02 Å². The van der Waals surface area contributed by atoms with Crippen LogP contribution in [0.3, 0.4) is 0 Å². The minimum atomic E-state index is -0.535. The first-order valence-corrected chi connectivity index (χ1v) is 10.7. The van der Waals surface area contributed by atoms with E-state index in [0.29, 0.717) is 23.7 Å². The summed E-state index contributed by atoms with van der Waals surface area (Å²) >= 11 is 10.9. The molecule has 0 bridgehead atoms. The number of nitrogens with zero attached hydrogens (tertiary/aromatic N) is 1. The summed E-state index contributed by atoms with van der Waals surface area (Å²) < 4.78 is 0.975. The molecule has 0 unspecified atom stereocenters. The second-order valence-electron chi connectivity index (χ2n) is 5.99. The van der Waals surface area contributed by atoms with E-state index >= 15 is 0 Å². The van der Waals surface area contributed by atoms with Gasteiger partial charge in [-0.25, -0.2) is 0 Å². The van der Waals surface area contributed by atoms with Crippen LogP contribution in [0.25, 0.3) is 0 Å². The quantitative estimate of drug-likeness (QED) is 0.568. The predicted octanol–water partition coefficient (Wildman–Crippen LogP) is 4.75. The summed E-state index contributed by atoms with van der Waals surface area (Å²) in [7, 11) is 1.58. The van der Waals surface area contributed by atoms with Crippen LogP contribution < -0.4 is 5.32 Å². The average Bonchev–Trinajstić information content (AvgIpc) is 2.67. The lowest BCUT2D eigenvalue weighted by atomic mass is 10.1. The van der Waals surface area contributed by atoms with Crippen molar-refractivity contribution in [2.45, 2.75) is 30.8 Å². The van der Waals surface area contributed by atoms with Gasteiger partial charge in [-0.3, -0.25) is 9.59 Å². The normalized spacial score (nSPS) is 11.7. The Labute approximate surface area is 177 Å². The van der Waals surface area contributed by atoms with Crippen molar-refractivity contribution in [2.75, 3.05) is 12.8 Å². The summed E-state index contributed by atoms with van der Waals surface area (Å²) in [6, 6.07) is 14.8. The molecule has 2 aromatic carbocycles. The maximum atomic E-state index is 12.8. The summed E-state index contributed by atoms with van der Waals surface area (Å²) in [5, 5.41) is 3.31. The highest BCUT2D eigenvalue weighted by molar-refractivity contribution is 9.10. The summed E-state index contributed by atoms with van der Waals surface area (Å²) in [5.41, 5.74) is 0.979. The first kappa shape index (κ1) is 21.8. The summed E-state index contributed by atoms with van der Waals surface area (Å²) in [6.07, 6.45) is 0.352. The first-order chi connectivity index (χ1) is 12.9. The number of rotatable bonds is 8. The minimum absolute atomic E-state index is 0.0458. The molecule has 0 aliphatic rings. The molecule has 0 fully saturated rings. The molecular weight excluding hydrogens is 448 g/mol. The summed E-state index contributed by atoms with van der Waals surface area (Å²) in [4.78, 5) is 27.6. The predicted molar refractivity (Wildman–Crippen MR) is 115 cm³/mol. The molecule has 2 rings (SSSR count). The molecule has 0 aromatic heterocycles. The lowest BCUT2D eigenvalue weighted by Gasteiger charge is -2.28. The van der Waals surface area contributed by atoms with Gasteiger partial charge >= 0.3 is 0 Å². The van der Waals surface area contributed by atoms with E-state index in [1.807, 2.05) is 48.5 Å². The smallest absolute Gasteiger partial charge is 0.242 e. The molecule has 7 heteroatoms. The van der Waals surface area contributed by atoms with Gasteiger partial charge in [-0.2, -0.15) is 0 Å². The first-order valence-electron chi connectivity index (χ1n) is 8.54. The number of hydrogen-bond donors (Lipinski definition) is 1. The number of likely N-dealkylation sites (N-methyl/N-ethyl adjacent to an activating group) is 1. The number of amides is 2. The largest absolute Gasteiger partial charge is 0.357 e. The van der Waals surface area contributed by atoms with Gasteiger partial charge in [0.1, 0.15) is 6.04 Å². The van der Waals surface area contributed by atoms with Crippen molar-refractivity contribution in [3.63, 3.8) is 0 Å². The Morgan fingerprint density at radius 3 is 2.37 bits per heavy atom. The van der Waals surface area contributed by atoms with E-state index in [-0.39, 0.29) is 11.8 Å². The third-order valence-corrected chi connectivity index (χ3v) is 5.87. The Kier molecular flexibility index (Phi) is 8.67. The van der Waals surface area contributed by atoms with Crippen molar-refractivity contribution in [1.29, 1.82) is 0 Å². The Balaban J connectivity index is 2.02. The third-order valence-electron chi connectivity index (χ3n) is 4.08. The molecule has 0 aliphatic carbocycles. The van der Waals surface area contributed by atoms with E-state index in [4.69, 9.17) is 11.6 Å². The van der Waals surface area contributed by atoms with Gasteiger partial charge < -0.3 is 10.2 Å². The highest BCUT2D eigenvalue weighted by atomic mass is 79.9. The highest BCUT2D eigenvalue weighted by Gasteiger charge is 2.25. The van der Waals surface area contributed by atoms with Crippen molar-refractivity contribution in [3.05, 3.63) is 63.6 Å². The number of benzene rings is 2. The molecule has 0 spiro atoms. The Morgan fingerprint density at radius 1 is 1.15 bits per heavy atom. The van der Waals surface area contributed by atoms with E-state index in [0.717, 1.165) is 14.9 Å². The number of halogens is 2. The number of thioether (sulfide) groups is 1. The molecule has 1 N–H and O–H groups in total. The van der Waals surface area contributed by atoms with Crippen molar-refractivity contribution >= 4 is 51.1 Å². The molecular formula is C20H22BrClN2O2S. The van der Waals surface area contributed by atoms with Crippen LogP contribution in [-0.2, 0) is 16.1 Å². The second-order valence-corrected chi connectivity index (χ2v) is 8.51. The highest BCUT2D eigenvalue weighted by Crippen LogP contribution is 2.22. The van der Waals surface area contributed by atoms with Gasteiger partial charge in [0.2, 0.25) is 11.8 Å². The summed E-state index contributed by atoms with van der Waals surface area (Å²) in [6.45, 7) is 2.15. The minimum Gasteiger partial charge on any atom is -0.357 e. The molecule has 0 heterocycles. The van der Waals surface area contributed by atoms with Crippen molar-refractivity contribution < 1.29 is 9.59 Å². The van der Waals surface area contributed by atoms with Crippen LogP contribution in [0.4, 0.5) is 0 Å². The molecule has 144 valence electrons. The van der Waals surface area contributed by atoms with Gasteiger partial charge in [0.25, 0.3) is 0 Å². The van der Waals surface area contributed by atoms with Gasteiger partial charge in [0.15, 0.2) is 0 Å². The monoisotopic (exact) mass is 468 g/mol. The maximum Gasteiger partial charge on any atom is 0.242 e. The van der Waals surface area contributed by atoms with Crippen LogP contribution in [0, 0.1) is 0 Å². The fraction of sp³-hybridized carbons (Fsp3) is 0.300. The van der Waals surface area contributed by atoms with Gasteiger partial charge in [-0.15, -0.1) is 11.8 Å². The zero-order valence-electron chi connectivity index (χ0n) is 15.2. The number of carbonyl (C=O) groups is 2. The van der Waals surface area contributed by atoms with Gasteiger partial charge in [-0.05, 0) is 48.9 Å². The van der Waals surface area contributed by atoms with E-state index < -0.39 is 6.04 Å². The van der Waals surface area contributed by atoms with Crippen LogP contribution in [0.5, 0.6) is 0 Å². The standard InChI is InChI=1S/C20H22BrClN2O2S/c1-14(20(26)23-2)24(13-15-3-5-16(21)6-4-15)19(25)11-12-27-18-9-7-17(22)8-10-18/h3-10,14H,11-13H2,1-2H3,(H,23,26)/t14-/m0/s1. The third kappa shape index (κ3) is 6.87.